The molecule has 25 heavy (non-hydrogen) atoms. The zero-order valence-electron chi connectivity index (χ0n) is 13.6. The predicted molar refractivity (Wildman–Crippen MR) is 94.4 cm³/mol. The number of para-hydroxylation sites is 1. The fraction of sp³-hybridized carbons (Fsp3) is 0.263. The van der Waals surface area contributed by atoms with E-state index in [1.807, 2.05) is 42.5 Å². The number of rotatable bonds is 5. The molecule has 3 aromatic heterocycles. The summed E-state index contributed by atoms with van der Waals surface area (Å²) in [6.07, 6.45) is 4.16. The Hall–Kier alpha value is -2.86. The van der Waals surface area contributed by atoms with E-state index in [4.69, 9.17) is 14.9 Å². The van der Waals surface area contributed by atoms with Gasteiger partial charge in [-0.15, -0.1) is 5.10 Å². The van der Waals surface area contributed by atoms with Crippen LogP contribution < -0.4 is 10.5 Å². The number of fused-ring (bicyclic) bond motifs is 2. The number of hydrogen-bond acceptors (Lipinski definition) is 5. The van der Waals surface area contributed by atoms with E-state index in [1.165, 1.54) is 12.8 Å². The maximum atomic E-state index is 6.00. The molecule has 0 spiro atoms. The standard InChI is InChI=1S/C19H18N4O2/c20-10-17(12-5-6-12)25-19-8-7-18-21-11-14(23(18)22-19)16-9-13-3-1-2-4-15(13)24-16/h1-4,7-9,11-12,17H,5-6,10,20H2. The van der Waals surface area contributed by atoms with Crippen LogP contribution in [0.5, 0.6) is 5.88 Å². The van der Waals surface area contributed by atoms with Gasteiger partial charge in [0, 0.05) is 18.0 Å². The Morgan fingerprint density at radius 3 is 2.92 bits per heavy atom. The van der Waals surface area contributed by atoms with Gasteiger partial charge >= 0.3 is 0 Å². The lowest BCUT2D eigenvalue weighted by Crippen LogP contribution is -2.29. The summed E-state index contributed by atoms with van der Waals surface area (Å²) in [6.45, 7) is 0.505. The molecule has 1 fully saturated rings. The highest BCUT2D eigenvalue weighted by molar-refractivity contribution is 5.82. The normalized spacial score (nSPS) is 15.7. The van der Waals surface area contributed by atoms with E-state index in [0.717, 1.165) is 28.1 Å². The number of furan rings is 1. The van der Waals surface area contributed by atoms with Gasteiger partial charge in [-0.2, -0.15) is 0 Å². The van der Waals surface area contributed by atoms with Crippen LogP contribution in [0.25, 0.3) is 28.1 Å². The summed E-state index contributed by atoms with van der Waals surface area (Å²) < 4.78 is 13.7. The molecule has 0 saturated heterocycles. The Balaban J connectivity index is 1.55. The predicted octanol–water partition coefficient (Wildman–Crippen LogP) is 3.26. The van der Waals surface area contributed by atoms with Gasteiger partial charge in [0.25, 0.3) is 0 Å². The summed E-state index contributed by atoms with van der Waals surface area (Å²) in [5, 5.41) is 5.65. The van der Waals surface area contributed by atoms with Crippen molar-refractivity contribution in [2.75, 3.05) is 6.54 Å². The quantitative estimate of drug-likeness (QED) is 0.606. The summed E-state index contributed by atoms with van der Waals surface area (Å²) in [6, 6.07) is 13.7. The average Bonchev–Trinajstić information content (AvgIpc) is 3.25. The van der Waals surface area contributed by atoms with Crippen LogP contribution in [0.4, 0.5) is 0 Å². The number of benzene rings is 1. The third-order valence-electron chi connectivity index (χ3n) is 4.67. The van der Waals surface area contributed by atoms with Crippen LogP contribution >= 0.6 is 0 Å². The molecule has 2 N–H and O–H groups in total. The Morgan fingerprint density at radius 2 is 2.12 bits per heavy atom. The molecule has 4 aromatic rings. The molecule has 0 amide bonds. The van der Waals surface area contributed by atoms with Crippen molar-refractivity contribution in [2.45, 2.75) is 18.9 Å². The second kappa shape index (κ2) is 5.60. The minimum absolute atomic E-state index is 0.0307. The van der Waals surface area contributed by atoms with Crippen LogP contribution in [0.2, 0.25) is 0 Å². The lowest BCUT2D eigenvalue weighted by molar-refractivity contribution is 0.176. The van der Waals surface area contributed by atoms with Crippen molar-refractivity contribution in [1.82, 2.24) is 14.6 Å². The van der Waals surface area contributed by atoms with Crippen LogP contribution in [-0.2, 0) is 0 Å². The van der Waals surface area contributed by atoms with E-state index in [-0.39, 0.29) is 6.10 Å². The summed E-state index contributed by atoms with van der Waals surface area (Å²) >= 11 is 0. The van der Waals surface area contributed by atoms with Gasteiger partial charge in [-0.05, 0) is 37.0 Å². The highest BCUT2D eigenvalue weighted by Crippen LogP contribution is 2.34. The minimum Gasteiger partial charge on any atom is -0.472 e. The summed E-state index contributed by atoms with van der Waals surface area (Å²) in [5.74, 6) is 1.85. The van der Waals surface area contributed by atoms with Crippen LogP contribution in [0, 0.1) is 5.92 Å². The molecular formula is C19H18N4O2. The third kappa shape index (κ3) is 2.55. The minimum atomic E-state index is 0.0307. The van der Waals surface area contributed by atoms with Crippen LogP contribution in [-0.4, -0.2) is 27.2 Å². The number of aromatic nitrogens is 3. The molecule has 1 atom stereocenters. The molecule has 1 aromatic carbocycles. The molecule has 1 unspecified atom stereocenters. The van der Waals surface area contributed by atoms with Gasteiger partial charge in [0.1, 0.15) is 17.4 Å². The van der Waals surface area contributed by atoms with Crippen molar-refractivity contribution in [3.8, 4) is 17.3 Å². The van der Waals surface area contributed by atoms with Crippen molar-refractivity contribution in [3.63, 3.8) is 0 Å². The number of hydrogen-bond donors (Lipinski definition) is 1. The molecule has 1 aliphatic carbocycles. The SMILES string of the molecule is NCC(Oc1ccc2ncc(-c3cc4ccccc4o3)n2n1)C1CC1. The fourth-order valence-corrected chi connectivity index (χ4v) is 3.16. The molecule has 6 heteroatoms. The third-order valence-corrected chi connectivity index (χ3v) is 4.67. The Labute approximate surface area is 144 Å². The van der Waals surface area contributed by atoms with Crippen molar-refractivity contribution in [2.24, 2.45) is 11.7 Å². The summed E-state index contributed by atoms with van der Waals surface area (Å²) in [5.41, 5.74) is 8.22. The largest absolute Gasteiger partial charge is 0.472 e. The lowest BCUT2D eigenvalue weighted by Gasteiger charge is -2.15. The first-order valence-corrected chi connectivity index (χ1v) is 8.52. The number of ether oxygens (including phenoxy) is 1. The van der Waals surface area contributed by atoms with Crippen molar-refractivity contribution < 1.29 is 9.15 Å². The monoisotopic (exact) mass is 334 g/mol. The van der Waals surface area contributed by atoms with Gasteiger partial charge in [0.05, 0.1) is 6.20 Å². The molecule has 3 heterocycles. The maximum Gasteiger partial charge on any atom is 0.232 e. The first kappa shape index (κ1) is 14.5. The van der Waals surface area contributed by atoms with Gasteiger partial charge in [0.2, 0.25) is 5.88 Å². The second-order valence-corrected chi connectivity index (χ2v) is 6.46. The number of nitrogens with zero attached hydrogens (tertiary/aromatic N) is 3. The molecule has 1 saturated carbocycles. The Kier molecular flexibility index (Phi) is 3.24. The van der Waals surface area contributed by atoms with Crippen LogP contribution in [0.3, 0.4) is 0 Å². The Morgan fingerprint density at radius 1 is 1.24 bits per heavy atom. The highest BCUT2D eigenvalue weighted by atomic mass is 16.5. The summed E-state index contributed by atoms with van der Waals surface area (Å²) in [4.78, 5) is 4.41. The Bertz CT molecular complexity index is 1010. The molecule has 0 aliphatic heterocycles. The number of nitrogens with two attached hydrogens (primary N) is 1. The highest BCUT2D eigenvalue weighted by Gasteiger charge is 2.32. The van der Waals surface area contributed by atoms with Crippen molar-refractivity contribution in [3.05, 3.63) is 48.7 Å². The molecular weight excluding hydrogens is 316 g/mol. The fourth-order valence-electron chi connectivity index (χ4n) is 3.16. The van der Waals surface area contributed by atoms with Crippen molar-refractivity contribution >= 4 is 16.6 Å². The van der Waals surface area contributed by atoms with E-state index < -0.39 is 0 Å². The molecule has 6 nitrogen and oxygen atoms in total. The van der Waals surface area contributed by atoms with E-state index in [2.05, 4.69) is 10.1 Å². The van der Waals surface area contributed by atoms with Gasteiger partial charge in [-0.25, -0.2) is 9.50 Å². The average molecular weight is 334 g/mol. The van der Waals surface area contributed by atoms with E-state index >= 15 is 0 Å². The molecule has 0 radical (unpaired) electrons. The zero-order chi connectivity index (χ0) is 16.8. The maximum absolute atomic E-state index is 6.00. The second-order valence-electron chi connectivity index (χ2n) is 6.46. The van der Waals surface area contributed by atoms with Gasteiger partial charge in [0.15, 0.2) is 11.4 Å². The summed E-state index contributed by atoms with van der Waals surface area (Å²) in [7, 11) is 0. The smallest absolute Gasteiger partial charge is 0.232 e. The molecule has 1 aliphatic rings. The van der Waals surface area contributed by atoms with Gasteiger partial charge in [-0.3, -0.25) is 0 Å². The molecule has 5 rings (SSSR count). The lowest BCUT2D eigenvalue weighted by atomic mass is 10.2. The topological polar surface area (TPSA) is 78.6 Å². The zero-order valence-corrected chi connectivity index (χ0v) is 13.6. The van der Waals surface area contributed by atoms with E-state index in [0.29, 0.717) is 18.3 Å². The van der Waals surface area contributed by atoms with Crippen molar-refractivity contribution in [1.29, 1.82) is 0 Å². The first-order valence-electron chi connectivity index (χ1n) is 8.52. The number of imidazole rings is 1. The first-order chi connectivity index (χ1) is 12.3. The van der Waals surface area contributed by atoms with Gasteiger partial charge < -0.3 is 14.9 Å². The molecule has 126 valence electrons. The van der Waals surface area contributed by atoms with Crippen LogP contribution in [0.1, 0.15) is 12.8 Å². The van der Waals surface area contributed by atoms with Gasteiger partial charge in [-0.1, -0.05) is 18.2 Å². The van der Waals surface area contributed by atoms with E-state index in [9.17, 15) is 0 Å². The van der Waals surface area contributed by atoms with Crippen LogP contribution in [0.15, 0.2) is 53.1 Å². The van der Waals surface area contributed by atoms with E-state index in [1.54, 1.807) is 10.7 Å². The molecule has 0 bridgehead atoms.